The lowest BCUT2D eigenvalue weighted by Crippen LogP contribution is -2.10. The monoisotopic (exact) mass is 201 g/mol. The Bertz CT molecular complexity index is 213. The fraction of sp³-hybridized carbons (Fsp3) is 0.556. The second-order valence-corrected chi connectivity index (χ2v) is 3.91. The van der Waals surface area contributed by atoms with Crippen molar-refractivity contribution in [1.29, 1.82) is 0 Å². The number of rotatable bonds is 6. The molecular weight excluding hydrogens is 186 g/mol. The molecule has 0 fully saturated rings. The third-order valence-electron chi connectivity index (χ3n) is 1.68. The van der Waals surface area contributed by atoms with E-state index in [4.69, 9.17) is 14.9 Å². The molecule has 1 unspecified atom stereocenters. The molecule has 0 radical (unpaired) electrons. The molecule has 0 spiro atoms. The van der Waals surface area contributed by atoms with E-state index in [1.807, 2.05) is 12.1 Å². The van der Waals surface area contributed by atoms with Gasteiger partial charge >= 0.3 is 0 Å². The molecule has 0 bridgehead atoms. The van der Waals surface area contributed by atoms with E-state index in [-0.39, 0.29) is 5.25 Å². The van der Waals surface area contributed by atoms with E-state index >= 15 is 0 Å². The highest BCUT2D eigenvalue weighted by atomic mass is 32.2. The highest BCUT2D eigenvalue weighted by Crippen LogP contribution is 2.27. The van der Waals surface area contributed by atoms with Crippen LogP contribution in [0.2, 0.25) is 0 Å². The first-order chi connectivity index (χ1) is 6.38. The summed E-state index contributed by atoms with van der Waals surface area (Å²) in [5.74, 6) is 1.89. The summed E-state index contributed by atoms with van der Waals surface area (Å²) < 4.78 is 10.2. The summed E-state index contributed by atoms with van der Waals surface area (Å²) in [7, 11) is 1.70. The number of methoxy groups -OCH3 is 1. The van der Waals surface area contributed by atoms with Crippen molar-refractivity contribution in [2.45, 2.75) is 5.25 Å². The van der Waals surface area contributed by atoms with Crippen molar-refractivity contribution in [1.82, 2.24) is 0 Å². The number of ether oxygens (including phenoxy) is 1. The largest absolute Gasteiger partial charge is 0.468 e. The first kappa shape index (κ1) is 10.6. The van der Waals surface area contributed by atoms with E-state index in [1.54, 1.807) is 25.1 Å². The van der Waals surface area contributed by atoms with Gasteiger partial charge in [0.05, 0.1) is 18.1 Å². The fourth-order valence-corrected chi connectivity index (χ4v) is 2.00. The van der Waals surface area contributed by atoms with Gasteiger partial charge in [-0.25, -0.2) is 0 Å². The van der Waals surface area contributed by atoms with Gasteiger partial charge in [0.1, 0.15) is 5.76 Å². The highest BCUT2D eigenvalue weighted by Gasteiger charge is 2.11. The third-order valence-corrected chi connectivity index (χ3v) is 2.91. The van der Waals surface area contributed by atoms with Crippen LogP contribution in [-0.2, 0) is 4.74 Å². The molecular formula is C9H15NO2S. The van der Waals surface area contributed by atoms with Gasteiger partial charge in [-0.1, -0.05) is 0 Å². The van der Waals surface area contributed by atoms with Gasteiger partial charge in [-0.3, -0.25) is 0 Å². The number of nitrogens with two attached hydrogens (primary N) is 1. The van der Waals surface area contributed by atoms with E-state index in [9.17, 15) is 0 Å². The predicted molar refractivity (Wildman–Crippen MR) is 54.8 cm³/mol. The van der Waals surface area contributed by atoms with E-state index in [0.717, 1.165) is 18.1 Å². The number of hydrogen-bond acceptors (Lipinski definition) is 4. The van der Waals surface area contributed by atoms with Crippen molar-refractivity contribution in [3.05, 3.63) is 24.2 Å². The van der Waals surface area contributed by atoms with Crippen molar-refractivity contribution >= 4 is 11.8 Å². The summed E-state index contributed by atoms with van der Waals surface area (Å²) in [5, 5.41) is 0.255. The maximum Gasteiger partial charge on any atom is 0.118 e. The summed E-state index contributed by atoms with van der Waals surface area (Å²) in [4.78, 5) is 0. The van der Waals surface area contributed by atoms with Gasteiger partial charge in [-0.05, 0) is 12.1 Å². The van der Waals surface area contributed by atoms with Crippen LogP contribution < -0.4 is 5.73 Å². The van der Waals surface area contributed by atoms with Gasteiger partial charge in [0, 0.05) is 19.4 Å². The molecule has 74 valence electrons. The zero-order chi connectivity index (χ0) is 9.52. The Morgan fingerprint density at radius 2 is 2.54 bits per heavy atom. The van der Waals surface area contributed by atoms with Crippen LogP contribution in [0.1, 0.15) is 11.0 Å². The average molecular weight is 201 g/mol. The first-order valence-electron chi connectivity index (χ1n) is 4.22. The molecule has 0 aliphatic heterocycles. The molecule has 1 heterocycles. The summed E-state index contributed by atoms with van der Waals surface area (Å²) >= 11 is 1.76. The van der Waals surface area contributed by atoms with Crippen molar-refractivity contribution < 1.29 is 9.15 Å². The molecule has 13 heavy (non-hydrogen) atoms. The average Bonchev–Trinajstić information content (AvgIpc) is 2.65. The molecule has 0 aliphatic rings. The van der Waals surface area contributed by atoms with Crippen molar-refractivity contribution in [2.24, 2.45) is 5.73 Å². The summed E-state index contributed by atoms with van der Waals surface area (Å²) in [6.45, 7) is 1.35. The molecule has 0 saturated heterocycles. The minimum absolute atomic E-state index is 0.255. The van der Waals surface area contributed by atoms with E-state index in [0.29, 0.717) is 6.54 Å². The third kappa shape index (κ3) is 3.42. The Balaban J connectivity index is 2.35. The molecule has 0 amide bonds. The fourth-order valence-electron chi connectivity index (χ4n) is 1.01. The molecule has 3 nitrogen and oxygen atoms in total. The van der Waals surface area contributed by atoms with Crippen molar-refractivity contribution in [2.75, 3.05) is 26.0 Å². The maximum atomic E-state index is 5.62. The van der Waals surface area contributed by atoms with Gasteiger partial charge in [-0.2, -0.15) is 0 Å². The van der Waals surface area contributed by atoms with Crippen molar-refractivity contribution in [3.8, 4) is 0 Å². The van der Waals surface area contributed by atoms with Crippen LogP contribution in [0.25, 0.3) is 0 Å². The Morgan fingerprint density at radius 1 is 1.69 bits per heavy atom. The van der Waals surface area contributed by atoms with Gasteiger partial charge in [-0.15, -0.1) is 11.8 Å². The molecule has 1 rings (SSSR count). The number of hydrogen-bond donors (Lipinski definition) is 1. The molecule has 4 heteroatoms. The Labute approximate surface area is 82.6 Å². The van der Waals surface area contributed by atoms with E-state index in [1.165, 1.54) is 0 Å². The number of furan rings is 1. The SMILES string of the molecule is COCCSC(CN)c1ccco1. The van der Waals surface area contributed by atoms with Gasteiger partial charge < -0.3 is 14.9 Å². The smallest absolute Gasteiger partial charge is 0.118 e. The minimum Gasteiger partial charge on any atom is -0.468 e. The first-order valence-corrected chi connectivity index (χ1v) is 5.27. The molecule has 0 saturated carbocycles. The zero-order valence-electron chi connectivity index (χ0n) is 7.73. The Hall–Kier alpha value is -0.450. The summed E-state index contributed by atoms with van der Waals surface area (Å²) in [6, 6.07) is 3.84. The Kier molecular flexibility index (Phi) is 4.97. The molecule has 1 atom stereocenters. The van der Waals surface area contributed by atoms with Crippen LogP contribution in [0.3, 0.4) is 0 Å². The van der Waals surface area contributed by atoms with Gasteiger partial charge in [0.25, 0.3) is 0 Å². The van der Waals surface area contributed by atoms with Gasteiger partial charge in [0.2, 0.25) is 0 Å². The molecule has 1 aromatic heterocycles. The molecule has 0 aromatic carbocycles. The quantitative estimate of drug-likeness (QED) is 0.711. The summed E-state index contributed by atoms with van der Waals surface area (Å²) in [6.07, 6.45) is 1.68. The lowest BCUT2D eigenvalue weighted by molar-refractivity contribution is 0.218. The lowest BCUT2D eigenvalue weighted by Gasteiger charge is -2.10. The predicted octanol–water partition coefficient (Wildman–Crippen LogP) is 1.66. The van der Waals surface area contributed by atoms with Crippen LogP contribution in [0, 0.1) is 0 Å². The normalized spacial score (nSPS) is 13.1. The highest BCUT2D eigenvalue weighted by molar-refractivity contribution is 7.99. The van der Waals surface area contributed by atoms with Crippen LogP contribution in [0.15, 0.2) is 22.8 Å². The van der Waals surface area contributed by atoms with E-state index in [2.05, 4.69) is 0 Å². The van der Waals surface area contributed by atoms with Crippen LogP contribution in [-0.4, -0.2) is 26.0 Å². The Morgan fingerprint density at radius 3 is 3.08 bits per heavy atom. The molecule has 2 N–H and O–H groups in total. The zero-order valence-corrected chi connectivity index (χ0v) is 8.55. The van der Waals surface area contributed by atoms with Gasteiger partial charge in [0.15, 0.2) is 0 Å². The minimum atomic E-state index is 0.255. The van der Waals surface area contributed by atoms with E-state index < -0.39 is 0 Å². The van der Waals surface area contributed by atoms with Crippen molar-refractivity contribution in [3.63, 3.8) is 0 Å². The molecule has 0 aliphatic carbocycles. The summed E-state index contributed by atoms with van der Waals surface area (Å²) in [5.41, 5.74) is 5.62. The van der Waals surface area contributed by atoms with Crippen LogP contribution in [0.5, 0.6) is 0 Å². The number of thioether (sulfide) groups is 1. The second-order valence-electron chi connectivity index (χ2n) is 2.60. The van der Waals surface area contributed by atoms with Crippen LogP contribution in [0.4, 0.5) is 0 Å². The standard InChI is InChI=1S/C9H15NO2S/c1-11-5-6-13-9(7-10)8-3-2-4-12-8/h2-4,9H,5-7,10H2,1H3. The lowest BCUT2D eigenvalue weighted by atomic mass is 10.3. The topological polar surface area (TPSA) is 48.4 Å². The second kappa shape index (κ2) is 6.07. The molecule has 1 aromatic rings. The van der Waals surface area contributed by atoms with Crippen LogP contribution >= 0.6 is 11.8 Å². The maximum absolute atomic E-state index is 5.62.